The Hall–Kier alpha value is -0.920. The molecule has 0 aromatic heterocycles. The summed E-state index contributed by atoms with van der Waals surface area (Å²) in [5, 5.41) is 0. The summed E-state index contributed by atoms with van der Waals surface area (Å²) in [5.41, 5.74) is 0.296. The first-order valence-corrected chi connectivity index (χ1v) is 9.12. The Morgan fingerprint density at radius 1 is 1.14 bits per heavy atom. The molecular weight excluding hydrogens is 425 g/mol. The molecule has 21 heavy (non-hydrogen) atoms. The maximum absolute atomic E-state index is 13.4. The van der Waals surface area contributed by atoms with Gasteiger partial charge < -0.3 is 0 Å². The van der Waals surface area contributed by atoms with E-state index in [0.29, 0.717) is 14.6 Å². The molecule has 0 N–H and O–H groups in total. The van der Waals surface area contributed by atoms with Gasteiger partial charge in [0.1, 0.15) is 10.7 Å². The molecule has 0 aliphatic rings. The Kier molecular flexibility index (Phi) is 5.06. The van der Waals surface area contributed by atoms with Crippen LogP contribution in [0.3, 0.4) is 0 Å². The molecule has 0 aliphatic heterocycles. The van der Waals surface area contributed by atoms with E-state index in [9.17, 15) is 12.8 Å². The highest BCUT2D eigenvalue weighted by Gasteiger charge is 2.26. The highest BCUT2D eigenvalue weighted by molar-refractivity contribution is 9.11. The van der Waals surface area contributed by atoms with Gasteiger partial charge in [0.05, 0.1) is 5.69 Å². The van der Waals surface area contributed by atoms with E-state index < -0.39 is 15.8 Å². The Morgan fingerprint density at radius 2 is 1.86 bits per heavy atom. The van der Waals surface area contributed by atoms with Crippen LogP contribution in [0.1, 0.15) is 6.92 Å². The highest BCUT2D eigenvalue weighted by atomic mass is 79.9. The normalized spacial score (nSPS) is 11.4. The van der Waals surface area contributed by atoms with Crippen molar-refractivity contribution < 1.29 is 12.8 Å². The minimum Gasteiger partial charge on any atom is -0.266 e. The summed E-state index contributed by atoms with van der Waals surface area (Å²) >= 11 is 6.51. The molecule has 0 aliphatic carbocycles. The van der Waals surface area contributed by atoms with Gasteiger partial charge in [0.15, 0.2) is 0 Å². The molecule has 2 rings (SSSR count). The third-order valence-corrected chi connectivity index (χ3v) is 6.23. The van der Waals surface area contributed by atoms with Crippen molar-refractivity contribution in [3.8, 4) is 0 Å². The molecule has 0 saturated heterocycles. The summed E-state index contributed by atoms with van der Waals surface area (Å²) in [7, 11) is -3.78. The maximum Gasteiger partial charge on any atom is 0.265 e. The summed E-state index contributed by atoms with van der Waals surface area (Å²) in [6.45, 7) is 1.90. The van der Waals surface area contributed by atoms with Crippen LogP contribution in [0, 0.1) is 5.82 Å². The number of rotatable bonds is 4. The number of hydrogen-bond acceptors (Lipinski definition) is 2. The topological polar surface area (TPSA) is 37.4 Å². The van der Waals surface area contributed by atoms with E-state index in [-0.39, 0.29) is 11.4 Å². The van der Waals surface area contributed by atoms with Crippen LogP contribution >= 0.6 is 31.9 Å². The SMILES string of the molecule is CCN(c1cccc(F)c1)S(=O)(=O)c1cc(Br)ccc1Br. The molecule has 0 heterocycles. The lowest BCUT2D eigenvalue weighted by Crippen LogP contribution is -2.31. The molecule has 0 bridgehead atoms. The van der Waals surface area contributed by atoms with Crippen LogP contribution in [0.4, 0.5) is 10.1 Å². The lowest BCUT2D eigenvalue weighted by Gasteiger charge is -2.23. The Morgan fingerprint density at radius 3 is 2.48 bits per heavy atom. The fraction of sp³-hybridized carbons (Fsp3) is 0.143. The number of nitrogens with zero attached hydrogens (tertiary/aromatic N) is 1. The van der Waals surface area contributed by atoms with Gasteiger partial charge in [-0.15, -0.1) is 0 Å². The van der Waals surface area contributed by atoms with Crippen molar-refractivity contribution in [2.75, 3.05) is 10.8 Å². The number of hydrogen-bond donors (Lipinski definition) is 0. The highest BCUT2D eigenvalue weighted by Crippen LogP contribution is 2.31. The first-order valence-electron chi connectivity index (χ1n) is 6.09. The van der Waals surface area contributed by atoms with Gasteiger partial charge in [0.25, 0.3) is 10.0 Å². The summed E-state index contributed by atoms with van der Waals surface area (Å²) in [4.78, 5) is 0.128. The summed E-state index contributed by atoms with van der Waals surface area (Å²) in [5.74, 6) is -0.477. The quantitative estimate of drug-likeness (QED) is 0.704. The molecule has 112 valence electrons. The van der Waals surface area contributed by atoms with E-state index in [1.807, 2.05) is 0 Å². The van der Waals surface area contributed by atoms with E-state index in [1.54, 1.807) is 25.1 Å². The molecule has 0 radical (unpaired) electrons. The molecule has 2 aromatic rings. The van der Waals surface area contributed by atoms with Gasteiger partial charge in [-0.3, -0.25) is 4.31 Å². The van der Waals surface area contributed by atoms with Crippen LogP contribution in [0.2, 0.25) is 0 Å². The third-order valence-electron chi connectivity index (χ3n) is 2.84. The second kappa shape index (κ2) is 6.46. The Bertz CT molecular complexity index is 765. The Labute approximate surface area is 140 Å². The maximum atomic E-state index is 13.4. The molecule has 0 spiro atoms. The van der Waals surface area contributed by atoms with Crippen molar-refractivity contribution in [1.82, 2.24) is 0 Å². The summed E-state index contributed by atoms with van der Waals surface area (Å²) < 4.78 is 41.2. The summed E-state index contributed by atoms with van der Waals surface area (Å²) in [6, 6.07) is 10.4. The van der Waals surface area contributed by atoms with Gasteiger partial charge in [-0.2, -0.15) is 0 Å². The van der Waals surface area contributed by atoms with Gasteiger partial charge >= 0.3 is 0 Å². The third kappa shape index (κ3) is 3.46. The van der Waals surface area contributed by atoms with Crippen LogP contribution < -0.4 is 4.31 Å². The number of halogens is 3. The van der Waals surface area contributed by atoms with Crippen LogP contribution in [0.25, 0.3) is 0 Å². The first kappa shape index (κ1) is 16.5. The standard InChI is InChI=1S/C14H12Br2FNO2S/c1-2-18(12-5-3-4-11(17)9-12)21(19,20)14-8-10(15)6-7-13(14)16/h3-9H,2H2,1H3. The number of anilines is 1. The van der Waals surface area contributed by atoms with Crippen molar-refractivity contribution >= 4 is 47.6 Å². The molecule has 2 aromatic carbocycles. The zero-order chi connectivity index (χ0) is 15.6. The average Bonchev–Trinajstić information content (AvgIpc) is 2.42. The molecule has 3 nitrogen and oxygen atoms in total. The fourth-order valence-electron chi connectivity index (χ4n) is 1.92. The van der Waals surface area contributed by atoms with Crippen molar-refractivity contribution in [2.24, 2.45) is 0 Å². The van der Waals surface area contributed by atoms with E-state index >= 15 is 0 Å². The van der Waals surface area contributed by atoms with Crippen LogP contribution in [-0.2, 0) is 10.0 Å². The monoisotopic (exact) mass is 435 g/mol. The lowest BCUT2D eigenvalue weighted by atomic mass is 10.3. The molecule has 0 atom stereocenters. The largest absolute Gasteiger partial charge is 0.266 e. The molecule has 0 fully saturated rings. The van der Waals surface area contributed by atoms with Crippen molar-refractivity contribution in [1.29, 1.82) is 0 Å². The molecular formula is C14H12Br2FNO2S. The predicted octanol–water partition coefficient (Wildman–Crippen LogP) is 4.57. The second-order valence-electron chi connectivity index (χ2n) is 4.22. The zero-order valence-electron chi connectivity index (χ0n) is 11.1. The fourth-order valence-corrected chi connectivity index (χ4v) is 4.85. The molecule has 0 saturated carbocycles. The van der Waals surface area contributed by atoms with Crippen LogP contribution in [0.15, 0.2) is 56.3 Å². The Balaban J connectivity index is 2.57. The lowest BCUT2D eigenvalue weighted by molar-refractivity contribution is 0.591. The van der Waals surface area contributed by atoms with E-state index in [0.717, 1.165) is 0 Å². The molecule has 0 amide bonds. The van der Waals surface area contributed by atoms with Gasteiger partial charge in [-0.25, -0.2) is 12.8 Å². The van der Waals surface area contributed by atoms with E-state index in [4.69, 9.17) is 0 Å². The smallest absolute Gasteiger partial charge is 0.265 e. The zero-order valence-corrected chi connectivity index (χ0v) is 15.0. The van der Waals surface area contributed by atoms with Gasteiger partial charge in [-0.1, -0.05) is 22.0 Å². The van der Waals surface area contributed by atoms with Gasteiger partial charge in [-0.05, 0) is 59.3 Å². The molecule has 7 heteroatoms. The second-order valence-corrected chi connectivity index (χ2v) is 7.83. The van der Waals surface area contributed by atoms with Crippen molar-refractivity contribution in [3.05, 3.63) is 57.2 Å². The minimum absolute atomic E-state index is 0.128. The average molecular weight is 437 g/mol. The van der Waals surface area contributed by atoms with Crippen LogP contribution in [0.5, 0.6) is 0 Å². The van der Waals surface area contributed by atoms with Crippen LogP contribution in [-0.4, -0.2) is 15.0 Å². The minimum atomic E-state index is -3.78. The first-order chi connectivity index (χ1) is 9.86. The predicted molar refractivity (Wildman–Crippen MR) is 88.4 cm³/mol. The number of sulfonamides is 1. The van der Waals surface area contributed by atoms with Gasteiger partial charge in [0.2, 0.25) is 0 Å². The van der Waals surface area contributed by atoms with E-state index in [2.05, 4.69) is 31.9 Å². The van der Waals surface area contributed by atoms with E-state index in [1.165, 1.54) is 28.6 Å². The van der Waals surface area contributed by atoms with Crippen molar-refractivity contribution in [2.45, 2.75) is 11.8 Å². The van der Waals surface area contributed by atoms with Crippen molar-refractivity contribution in [3.63, 3.8) is 0 Å². The number of benzene rings is 2. The van der Waals surface area contributed by atoms with Gasteiger partial charge in [0, 0.05) is 15.5 Å². The summed E-state index contributed by atoms with van der Waals surface area (Å²) in [6.07, 6.45) is 0. The molecule has 0 unspecified atom stereocenters.